The number of ether oxygens (including phenoxy) is 1. The van der Waals surface area contributed by atoms with Crippen LogP contribution in [0.3, 0.4) is 0 Å². The molecule has 0 heterocycles. The molecule has 1 unspecified atom stereocenters. The van der Waals surface area contributed by atoms with E-state index in [1.807, 2.05) is 19.9 Å². The first-order valence-electron chi connectivity index (χ1n) is 5.61. The molecule has 1 aliphatic carbocycles. The molecule has 0 bridgehead atoms. The van der Waals surface area contributed by atoms with Gasteiger partial charge in [0.05, 0.1) is 12.4 Å². The molecule has 0 saturated heterocycles. The van der Waals surface area contributed by atoms with E-state index in [9.17, 15) is 4.79 Å². The van der Waals surface area contributed by atoms with Gasteiger partial charge >= 0.3 is 0 Å². The second-order valence-corrected chi connectivity index (χ2v) is 4.30. The molecule has 0 aromatic rings. The van der Waals surface area contributed by atoms with E-state index in [1.54, 1.807) is 6.08 Å². The van der Waals surface area contributed by atoms with Crippen molar-refractivity contribution in [1.82, 2.24) is 0 Å². The molecule has 2 nitrogen and oxygen atoms in total. The van der Waals surface area contributed by atoms with Crippen molar-refractivity contribution >= 4 is 5.78 Å². The molecule has 0 aromatic heterocycles. The lowest BCUT2D eigenvalue weighted by atomic mass is 9.74. The van der Waals surface area contributed by atoms with E-state index < -0.39 is 0 Å². The lowest BCUT2D eigenvalue weighted by molar-refractivity contribution is -0.124. The minimum atomic E-state index is -0.200. The van der Waals surface area contributed by atoms with Gasteiger partial charge in [-0.2, -0.15) is 0 Å². The van der Waals surface area contributed by atoms with Crippen LogP contribution in [0.25, 0.3) is 0 Å². The highest BCUT2D eigenvalue weighted by atomic mass is 16.5. The minimum absolute atomic E-state index is 0.200. The lowest BCUT2D eigenvalue weighted by Crippen LogP contribution is -2.30. The third-order valence-electron chi connectivity index (χ3n) is 3.04. The van der Waals surface area contributed by atoms with Crippen LogP contribution < -0.4 is 0 Å². The maximum absolute atomic E-state index is 11.9. The van der Waals surface area contributed by atoms with Crippen molar-refractivity contribution in [2.75, 3.05) is 6.61 Å². The van der Waals surface area contributed by atoms with Crippen LogP contribution in [0, 0.1) is 5.41 Å². The largest absolute Gasteiger partial charge is 0.498 e. The summed E-state index contributed by atoms with van der Waals surface area (Å²) in [5.74, 6) is 1.05. The zero-order valence-corrected chi connectivity index (χ0v) is 9.71. The SMILES string of the molecule is C=CCCC1(C)CCC(OCC)=CC1=O. The standard InChI is InChI=1S/C13H20O2/c1-4-6-8-13(3)9-7-11(15-5-2)10-12(13)14/h4,10H,1,5-9H2,2-3H3. The van der Waals surface area contributed by atoms with E-state index in [0.29, 0.717) is 6.61 Å². The maximum Gasteiger partial charge on any atom is 0.164 e. The van der Waals surface area contributed by atoms with E-state index in [1.165, 1.54) is 0 Å². The number of rotatable bonds is 5. The van der Waals surface area contributed by atoms with E-state index in [0.717, 1.165) is 31.4 Å². The lowest BCUT2D eigenvalue weighted by Gasteiger charge is -2.30. The first-order valence-corrected chi connectivity index (χ1v) is 5.61. The number of ketones is 1. The van der Waals surface area contributed by atoms with Gasteiger partial charge < -0.3 is 4.74 Å². The summed E-state index contributed by atoms with van der Waals surface area (Å²) in [5.41, 5.74) is -0.200. The van der Waals surface area contributed by atoms with Gasteiger partial charge in [0, 0.05) is 17.9 Å². The molecule has 0 N–H and O–H groups in total. The van der Waals surface area contributed by atoms with Gasteiger partial charge in [-0.3, -0.25) is 4.79 Å². The average Bonchev–Trinajstić information content (AvgIpc) is 2.22. The smallest absolute Gasteiger partial charge is 0.164 e. The molecule has 0 fully saturated rings. The Labute approximate surface area is 92.0 Å². The highest BCUT2D eigenvalue weighted by Gasteiger charge is 2.34. The van der Waals surface area contributed by atoms with Crippen molar-refractivity contribution in [2.24, 2.45) is 5.41 Å². The van der Waals surface area contributed by atoms with Crippen molar-refractivity contribution in [3.63, 3.8) is 0 Å². The van der Waals surface area contributed by atoms with E-state index in [-0.39, 0.29) is 11.2 Å². The number of hydrogen-bond donors (Lipinski definition) is 0. The monoisotopic (exact) mass is 208 g/mol. The van der Waals surface area contributed by atoms with Crippen LogP contribution in [0.1, 0.15) is 39.5 Å². The fraction of sp³-hybridized carbons (Fsp3) is 0.615. The fourth-order valence-electron chi connectivity index (χ4n) is 1.88. The van der Waals surface area contributed by atoms with E-state index >= 15 is 0 Å². The molecule has 0 spiro atoms. The van der Waals surface area contributed by atoms with E-state index in [2.05, 4.69) is 6.58 Å². The molecule has 0 amide bonds. The Bertz CT molecular complexity index is 278. The summed E-state index contributed by atoms with van der Waals surface area (Å²) in [6.45, 7) is 8.32. The molecule has 84 valence electrons. The van der Waals surface area contributed by atoms with Crippen LogP contribution >= 0.6 is 0 Å². The van der Waals surface area contributed by atoms with Crippen molar-refractivity contribution < 1.29 is 9.53 Å². The highest BCUT2D eigenvalue weighted by Crippen LogP contribution is 2.36. The minimum Gasteiger partial charge on any atom is -0.498 e. The average molecular weight is 208 g/mol. The third-order valence-corrected chi connectivity index (χ3v) is 3.04. The number of carbonyl (C=O) groups is 1. The predicted molar refractivity (Wildman–Crippen MR) is 61.5 cm³/mol. The molecule has 0 aromatic carbocycles. The Morgan fingerprint density at radius 2 is 2.40 bits per heavy atom. The molecule has 1 rings (SSSR count). The third kappa shape index (κ3) is 2.95. The Kier molecular flexibility index (Phi) is 4.13. The molecular weight excluding hydrogens is 188 g/mol. The quantitative estimate of drug-likeness (QED) is 0.648. The Morgan fingerprint density at radius 3 is 2.93 bits per heavy atom. The van der Waals surface area contributed by atoms with Gasteiger partial charge in [0.15, 0.2) is 5.78 Å². The van der Waals surface area contributed by atoms with Crippen LogP contribution in [0.4, 0.5) is 0 Å². The summed E-state index contributed by atoms with van der Waals surface area (Å²) in [7, 11) is 0. The molecule has 1 aliphatic rings. The van der Waals surface area contributed by atoms with Gasteiger partial charge in [-0.15, -0.1) is 6.58 Å². The van der Waals surface area contributed by atoms with Gasteiger partial charge in [0.2, 0.25) is 0 Å². The Morgan fingerprint density at radius 1 is 1.67 bits per heavy atom. The Balaban J connectivity index is 2.65. The van der Waals surface area contributed by atoms with Gasteiger partial charge in [-0.05, 0) is 26.2 Å². The molecule has 2 heteroatoms. The molecule has 0 saturated carbocycles. The maximum atomic E-state index is 11.9. The van der Waals surface area contributed by atoms with Crippen LogP contribution in [-0.2, 0) is 9.53 Å². The summed E-state index contributed by atoms with van der Waals surface area (Å²) in [5, 5.41) is 0. The second kappa shape index (κ2) is 5.15. The van der Waals surface area contributed by atoms with Gasteiger partial charge in [0.1, 0.15) is 0 Å². The first-order chi connectivity index (χ1) is 7.12. The normalized spacial score (nSPS) is 26.0. The van der Waals surface area contributed by atoms with Crippen molar-refractivity contribution in [3.8, 4) is 0 Å². The van der Waals surface area contributed by atoms with Gasteiger partial charge in [-0.25, -0.2) is 0 Å². The summed E-state index contributed by atoms with van der Waals surface area (Å²) >= 11 is 0. The predicted octanol–water partition coefficient (Wildman–Crippen LogP) is 3.24. The van der Waals surface area contributed by atoms with Crippen LogP contribution in [0.2, 0.25) is 0 Å². The van der Waals surface area contributed by atoms with Crippen molar-refractivity contribution in [2.45, 2.75) is 39.5 Å². The number of allylic oxidation sites excluding steroid dienone is 3. The molecule has 1 atom stereocenters. The second-order valence-electron chi connectivity index (χ2n) is 4.30. The Hall–Kier alpha value is -1.05. The molecular formula is C13H20O2. The van der Waals surface area contributed by atoms with Crippen LogP contribution in [-0.4, -0.2) is 12.4 Å². The van der Waals surface area contributed by atoms with E-state index in [4.69, 9.17) is 4.74 Å². The fourth-order valence-corrected chi connectivity index (χ4v) is 1.88. The summed E-state index contributed by atoms with van der Waals surface area (Å²) in [6.07, 6.45) is 7.13. The summed E-state index contributed by atoms with van der Waals surface area (Å²) in [6, 6.07) is 0. The summed E-state index contributed by atoms with van der Waals surface area (Å²) in [4.78, 5) is 11.9. The van der Waals surface area contributed by atoms with Crippen molar-refractivity contribution in [1.29, 1.82) is 0 Å². The van der Waals surface area contributed by atoms with Crippen molar-refractivity contribution in [3.05, 3.63) is 24.5 Å². The van der Waals surface area contributed by atoms with Crippen LogP contribution in [0.15, 0.2) is 24.5 Å². The summed E-state index contributed by atoms with van der Waals surface area (Å²) < 4.78 is 5.37. The zero-order valence-electron chi connectivity index (χ0n) is 9.71. The van der Waals surface area contributed by atoms with Crippen LogP contribution in [0.5, 0.6) is 0 Å². The molecule has 0 radical (unpaired) electrons. The number of hydrogen-bond acceptors (Lipinski definition) is 2. The molecule has 15 heavy (non-hydrogen) atoms. The zero-order chi connectivity index (χ0) is 11.3. The topological polar surface area (TPSA) is 26.3 Å². The number of carbonyl (C=O) groups excluding carboxylic acids is 1. The van der Waals surface area contributed by atoms with Gasteiger partial charge in [-0.1, -0.05) is 13.0 Å². The first kappa shape index (κ1) is 12.0. The molecule has 0 aliphatic heterocycles. The van der Waals surface area contributed by atoms with Gasteiger partial charge in [0.25, 0.3) is 0 Å². The highest BCUT2D eigenvalue weighted by molar-refractivity contribution is 5.95.